The molecule has 0 aliphatic heterocycles. The van der Waals surface area contributed by atoms with Gasteiger partial charge in [-0.1, -0.05) is 24.3 Å². The largest absolute Gasteiger partial charge is 0.383 e. The highest BCUT2D eigenvalue weighted by Gasteiger charge is 2.29. The minimum absolute atomic E-state index is 0.0925. The first kappa shape index (κ1) is 12.5. The highest BCUT2D eigenvalue weighted by Crippen LogP contribution is 2.24. The summed E-state index contributed by atoms with van der Waals surface area (Å²) in [6.45, 7) is 2.66. The molecule has 18 heavy (non-hydrogen) atoms. The van der Waals surface area contributed by atoms with E-state index in [1.54, 1.807) is 38.3 Å². The summed E-state index contributed by atoms with van der Waals surface area (Å²) in [6, 6.07) is 6.89. The van der Waals surface area contributed by atoms with E-state index in [1.165, 1.54) is 0 Å². The SMILES string of the molecule is COCCNC1=C(C)C(=O)c2ccccc2C1=O. The van der Waals surface area contributed by atoms with Crippen LogP contribution in [0.4, 0.5) is 0 Å². The van der Waals surface area contributed by atoms with Gasteiger partial charge in [-0.25, -0.2) is 0 Å². The number of fused-ring (bicyclic) bond motifs is 1. The molecule has 0 bridgehead atoms. The van der Waals surface area contributed by atoms with Gasteiger partial charge >= 0.3 is 0 Å². The summed E-state index contributed by atoms with van der Waals surface area (Å²) < 4.78 is 4.92. The molecule has 0 saturated heterocycles. The van der Waals surface area contributed by atoms with E-state index in [4.69, 9.17) is 4.74 Å². The molecule has 0 atom stereocenters. The van der Waals surface area contributed by atoms with Crippen LogP contribution in [0.1, 0.15) is 27.6 Å². The number of carbonyl (C=O) groups excluding carboxylic acids is 2. The van der Waals surface area contributed by atoms with Crippen molar-refractivity contribution in [3.63, 3.8) is 0 Å². The first-order valence-corrected chi connectivity index (χ1v) is 5.79. The summed E-state index contributed by atoms with van der Waals surface area (Å²) >= 11 is 0. The lowest BCUT2D eigenvalue weighted by atomic mass is 9.88. The fourth-order valence-electron chi connectivity index (χ4n) is 1.99. The first-order chi connectivity index (χ1) is 8.66. The second-order valence-electron chi connectivity index (χ2n) is 4.12. The molecule has 1 aromatic carbocycles. The molecule has 1 aliphatic rings. The average Bonchev–Trinajstić information content (AvgIpc) is 2.40. The molecule has 0 amide bonds. The fraction of sp³-hybridized carbons (Fsp3) is 0.286. The third-order valence-corrected chi connectivity index (χ3v) is 2.97. The van der Waals surface area contributed by atoms with E-state index in [1.807, 2.05) is 0 Å². The van der Waals surface area contributed by atoms with E-state index in [-0.39, 0.29) is 11.6 Å². The van der Waals surface area contributed by atoms with Crippen molar-refractivity contribution in [3.8, 4) is 0 Å². The molecule has 1 aromatic rings. The van der Waals surface area contributed by atoms with E-state index < -0.39 is 0 Å². The number of methoxy groups -OCH3 is 1. The quantitative estimate of drug-likeness (QED) is 0.818. The van der Waals surface area contributed by atoms with Gasteiger partial charge in [0.15, 0.2) is 5.78 Å². The molecule has 0 saturated carbocycles. The summed E-state index contributed by atoms with van der Waals surface area (Å²) in [5, 5.41) is 2.98. The van der Waals surface area contributed by atoms with Crippen LogP contribution in [0, 0.1) is 0 Å². The number of ether oxygens (including phenoxy) is 1. The van der Waals surface area contributed by atoms with Gasteiger partial charge in [0.25, 0.3) is 0 Å². The normalized spacial score (nSPS) is 14.8. The van der Waals surface area contributed by atoms with Crippen molar-refractivity contribution in [1.82, 2.24) is 5.32 Å². The Hall–Kier alpha value is -1.94. The van der Waals surface area contributed by atoms with Gasteiger partial charge < -0.3 is 10.1 Å². The van der Waals surface area contributed by atoms with Crippen LogP contribution in [0.25, 0.3) is 0 Å². The van der Waals surface area contributed by atoms with Crippen molar-refractivity contribution < 1.29 is 14.3 Å². The number of rotatable bonds is 4. The van der Waals surface area contributed by atoms with Crippen molar-refractivity contribution in [2.24, 2.45) is 0 Å². The Balaban J connectivity index is 2.34. The molecule has 94 valence electrons. The predicted octanol–water partition coefficient (Wildman–Crippen LogP) is 1.58. The number of ketones is 2. The van der Waals surface area contributed by atoms with Crippen LogP contribution in [-0.4, -0.2) is 31.8 Å². The summed E-state index contributed by atoms with van der Waals surface area (Å²) in [4.78, 5) is 24.4. The minimum Gasteiger partial charge on any atom is -0.383 e. The van der Waals surface area contributed by atoms with E-state index >= 15 is 0 Å². The maximum absolute atomic E-state index is 12.3. The van der Waals surface area contributed by atoms with Crippen molar-refractivity contribution >= 4 is 11.6 Å². The molecule has 0 fully saturated rings. The summed E-state index contributed by atoms with van der Waals surface area (Å²) in [7, 11) is 1.59. The molecule has 1 aliphatic carbocycles. The third-order valence-electron chi connectivity index (χ3n) is 2.97. The van der Waals surface area contributed by atoms with E-state index in [2.05, 4.69) is 5.32 Å². The number of benzene rings is 1. The molecule has 0 unspecified atom stereocenters. The molecule has 0 heterocycles. The van der Waals surface area contributed by atoms with Gasteiger partial charge in [-0.15, -0.1) is 0 Å². The van der Waals surface area contributed by atoms with Crippen LogP contribution in [0.3, 0.4) is 0 Å². The van der Waals surface area contributed by atoms with Crippen LogP contribution < -0.4 is 5.32 Å². The number of carbonyl (C=O) groups is 2. The molecule has 4 nitrogen and oxygen atoms in total. The number of hydrogen-bond acceptors (Lipinski definition) is 4. The number of hydrogen-bond donors (Lipinski definition) is 1. The maximum Gasteiger partial charge on any atom is 0.209 e. The van der Waals surface area contributed by atoms with Gasteiger partial charge in [0.2, 0.25) is 5.78 Å². The Morgan fingerprint density at radius 3 is 2.33 bits per heavy atom. The summed E-state index contributed by atoms with van der Waals surface area (Å²) in [5.41, 5.74) is 1.80. The molecule has 0 aromatic heterocycles. The zero-order chi connectivity index (χ0) is 13.1. The van der Waals surface area contributed by atoms with Gasteiger partial charge in [0.1, 0.15) is 0 Å². The molecule has 0 spiro atoms. The Labute approximate surface area is 106 Å². The summed E-state index contributed by atoms with van der Waals surface area (Å²) in [6.07, 6.45) is 0. The van der Waals surface area contributed by atoms with Gasteiger partial charge in [0, 0.05) is 30.4 Å². The molecular formula is C14H15NO3. The van der Waals surface area contributed by atoms with Crippen molar-refractivity contribution in [3.05, 3.63) is 46.7 Å². The van der Waals surface area contributed by atoms with Crippen LogP contribution >= 0.6 is 0 Å². The van der Waals surface area contributed by atoms with Crippen LogP contribution in [0.15, 0.2) is 35.5 Å². The highest BCUT2D eigenvalue weighted by atomic mass is 16.5. The molecule has 2 rings (SSSR count). The van der Waals surface area contributed by atoms with E-state index in [9.17, 15) is 9.59 Å². The predicted molar refractivity (Wildman–Crippen MR) is 67.7 cm³/mol. The zero-order valence-electron chi connectivity index (χ0n) is 10.4. The number of allylic oxidation sites excluding steroid dienone is 2. The Bertz CT molecular complexity index is 532. The van der Waals surface area contributed by atoms with Crippen molar-refractivity contribution in [2.45, 2.75) is 6.92 Å². The van der Waals surface area contributed by atoms with E-state index in [0.717, 1.165) is 0 Å². The van der Waals surface area contributed by atoms with Gasteiger partial charge in [-0.2, -0.15) is 0 Å². The molecule has 4 heteroatoms. The lowest BCUT2D eigenvalue weighted by molar-refractivity contribution is 0.0967. The van der Waals surface area contributed by atoms with Crippen LogP contribution in [0.5, 0.6) is 0 Å². The zero-order valence-corrected chi connectivity index (χ0v) is 10.4. The van der Waals surface area contributed by atoms with Gasteiger partial charge in [-0.05, 0) is 6.92 Å². The minimum atomic E-state index is -0.126. The topological polar surface area (TPSA) is 55.4 Å². The molecule has 1 N–H and O–H groups in total. The van der Waals surface area contributed by atoms with Crippen molar-refractivity contribution in [2.75, 3.05) is 20.3 Å². The fourth-order valence-corrected chi connectivity index (χ4v) is 1.99. The first-order valence-electron chi connectivity index (χ1n) is 5.79. The second kappa shape index (κ2) is 5.14. The molecular weight excluding hydrogens is 230 g/mol. The Morgan fingerprint density at radius 1 is 1.11 bits per heavy atom. The smallest absolute Gasteiger partial charge is 0.209 e. The standard InChI is InChI=1S/C14H15NO3/c1-9-12(15-7-8-18-2)14(17)11-6-4-3-5-10(11)13(9)16/h3-6,15H,7-8H2,1-2H3. The summed E-state index contributed by atoms with van der Waals surface area (Å²) in [5.74, 6) is -0.219. The number of Topliss-reactive ketones (excluding diaryl/α,β-unsaturated/α-hetero) is 2. The van der Waals surface area contributed by atoms with Crippen molar-refractivity contribution in [1.29, 1.82) is 0 Å². The maximum atomic E-state index is 12.3. The lowest BCUT2D eigenvalue weighted by Gasteiger charge is -2.19. The second-order valence-corrected chi connectivity index (χ2v) is 4.12. The highest BCUT2D eigenvalue weighted by molar-refractivity contribution is 6.26. The lowest BCUT2D eigenvalue weighted by Crippen LogP contribution is -2.31. The average molecular weight is 245 g/mol. The van der Waals surface area contributed by atoms with Gasteiger partial charge in [0.05, 0.1) is 12.3 Å². The molecule has 0 radical (unpaired) electrons. The van der Waals surface area contributed by atoms with E-state index in [0.29, 0.717) is 35.5 Å². The van der Waals surface area contributed by atoms with Crippen LogP contribution in [0.2, 0.25) is 0 Å². The number of nitrogens with one attached hydrogen (secondary N) is 1. The van der Waals surface area contributed by atoms with Gasteiger partial charge in [-0.3, -0.25) is 9.59 Å². The Kier molecular flexibility index (Phi) is 3.58. The van der Waals surface area contributed by atoms with Crippen LogP contribution in [-0.2, 0) is 4.74 Å². The third kappa shape index (κ3) is 2.07. The monoisotopic (exact) mass is 245 g/mol. The Morgan fingerprint density at radius 2 is 1.72 bits per heavy atom.